The fourth-order valence-electron chi connectivity index (χ4n) is 1.03. The molecule has 0 spiro atoms. The van der Waals surface area contributed by atoms with E-state index in [1.807, 2.05) is 17.5 Å². The molecular formula is C6H7NO3S2. The van der Waals surface area contributed by atoms with E-state index >= 15 is 0 Å². The van der Waals surface area contributed by atoms with Gasteiger partial charge in [0.15, 0.2) is 0 Å². The molecule has 1 aromatic heterocycles. The number of nitrogens with one attached hydrogen (secondary N) is 1. The van der Waals surface area contributed by atoms with Gasteiger partial charge in [-0.2, -0.15) is 13.1 Å². The summed E-state index contributed by atoms with van der Waals surface area (Å²) in [6.07, 6.45) is 0. The zero-order chi connectivity index (χ0) is 8.60. The summed E-state index contributed by atoms with van der Waals surface area (Å²) in [7, 11) is -3.46. The Kier molecular flexibility index (Phi) is 1.91. The molecule has 1 fully saturated rings. The molecule has 4 nitrogen and oxygen atoms in total. The molecule has 0 amide bonds. The quantitative estimate of drug-likeness (QED) is 0.732. The van der Waals surface area contributed by atoms with E-state index in [2.05, 4.69) is 8.91 Å². The van der Waals surface area contributed by atoms with Gasteiger partial charge in [0.2, 0.25) is 0 Å². The van der Waals surface area contributed by atoms with Gasteiger partial charge in [0.25, 0.3) is 0 Å². The van der Waals surface area contributed by atoms with Crippen LogP contribution in [0.2, 0.25) is 0 Å². The zero-order valence-electron chi connectivity index (χ0n) is 6.06. The van der Waals surface area contributed by atoms with E-state index in [9.17, 15) is 8.42 Å². The minimum absolute atomic E-state index is 0.197. The third-order valence-corrected chi connectivity index (χ3v) is 3.57. The highest BCUT2D eigenvalue weighted by Crippen LogP contribution is 2.24. The Hall–Kier alpha value is -0.430. The van der Waals surface area contributed by atoms with Crippen LogP contribution in [-0.4, -0.2) is 15.0 Å². The molecule has 0 radical (unpaired) electrons. The van der Waals surface area contributed by atoms with Crippen LogP contribution in [0, 0.1) is 0 Å². The summed E-state index contributed by atoms with van der Waals surface area (Å²) in [6.45, 7) is 0.197. The summed E-state index contributed by atoms with van der Waals surface area (Å²) >= 11 is 1.51. The first-order valence-electron chi connectivity index (χ1n) is 3.37. The van der Waals surface area contributed by atoms with Crippen molar-refractivity contribution in [1.82, 2.24) is 4.72 Å². The highest BCUT2D eigenvalue weighted by Gasteiger charge is 2.29. The van der Waals surface area contributed by atoms with E-state index < -0.39 is 10.3 Å². The molecule has 1 atom stereocenters. The standard InChI is InChI=1S/C6H7NO3S2/c8-12(9)7-5(4-10-12)6-2-1-3-11-6/h1-3,5,7H,4H2/t5-/m0/s1. The predicted molar refractivity (Wildman–Crippen MR) is 45.1 cm³/mol. The lowest BCUT2D eigenvalue weighted by atomic mass is 10.3. The van der Waals surface area contributed by atoms with Crippen molar-refractivity contribution >= 4 is 21.6 Å². The largest absolute Gasteiger partial charge is 0.336 e. The van der Waals surface area contributed by atoms with Crippen molar-refractivity contribution in [2.75, 3.05) is 6.61 Å². The van der Waals surface area contributed by atoms with Gasteiger partial charge >= 0.3 is 10.3 Å². The maximum absolute atomic E-state index is 10.8. The molecule has 0 saturated carbocycles. The number of thiophene rings is 1. The lowest BCUT2D eigenvalue weighted by Gasteiger charge is -2.00. The zero-order valence-corrected chi connectivity index (χ0v) is 7.69. The molecule has 66 valence electrons. The molecule has 12 heavy (non-hydrogen) atoms. The Balaban J connectivity index is 2.21. The maximum Gasteiger partial charge on any atom is 0.336 e. The molecule has 1 N–H and O–H groups in total. The van der Waals surface area contributed by atoms with E-state index in [1.54, 1.807) is 0 Å². The summed E-state index contributed by atoms with van der Waals surface area (Å²) in [5.74, 6) is 0. The molecule has 0 aromatic carbocycles. The molecule has 6 heteroatoms. The van der Waals surface area contributed by atoms with Gasteiger partial charge in [-0.1, -0.05) is 6.07 Å². The SMILES string of the molecule is O=S1(=O)N[C@H](c2cccs2)CO1. The highest BCUT2D eigenvalue weighted by molar-refractivity contribution is 7.84. The van der Waals surface area contributed by atoms with E-state index in [0.29, 0.717) is 0 Å². The van der Waals surface area contributed by atoms with E-state index in [1.165, 1.54) is 11.3 Å². The van der Waals surface area contributed by atoms with Crippen molar-refractivity contribution in [2.24, 2.45) is 0 Å². The van der Waals surface area contributed by atoms with E-state index in [4.69, 9.17) is 0 Å². The van der Waals surface area contributed by atoms with Gasteiger partial charge in [0, 0.05) is 4.88 Å². The second kappa shape index (κ2) is 2.81. The molecule has 0 unspecified atom stereocenters. The van der Waals surface area contributed by atoms with Crippen LogP contribution in [-0.2, 0) is 14.5 Å². The molecule has 2 heterocycles. The first-order valence-corrected chi connectivity index (χ1v) is 5.66. The predicted octanol–water partition coefficient (Wildman–Crippen LogP) is 0.654. The van der Waals surface area contributed by atoms with Crippen LogP contribution in [0.4, 0.5) is 0 Å². The summed E-state index contributed by atoms with van der Waals surface area (Å²) in [5, 5.41) is 1.90. The third-order valence-electron chi connectivity index (χ3n) is 1.56. The average molecular weight is 205 g/mol. The Bertz CT molecular complexity index is 356. The number of hydrogen-bond donors (Lipinski definition) is 1. The number of hydrogen-bond acceptors (Lipinski definition) is 4. The van der Waals surface area contributed by atoms with Crippen LogP contribution in [0.5, 0.6) is 0 Å². The third kappa shape index (κ3) is 1.51. The van der Waals surface area contributed by atoms with E-state index in [0.717, 1.165) is 4.88 Å². The normalized spacial score (nSPS) is 27.5. The fourth-order valence-corrected chi connectivity index (χ4v) is 2.79. The van der Waals surface area contributed by atoms with Gasteiger partial charge in [-0.3, -0.25) is 4.18 Å². The molecule has 0 bridgehead atoms. The topological polar surface area (TPSA) is 55.4 Å². The van der Waals surface area contributed by atoms with Crippen LogP contribution in [0.1, 0.15) is 10.9 Å². The summed E-state index contributed by atoms with van der Waals surface area (Å²) in [4.78, 5) is 0.982. The monoisotopic (exact) mass is 205 g/mol. The second-order valence-electron chi connectivity index (χ2n) is 2.42. The minimum Gasteiger partial charge on any atom is -0.256 e. The molecule has 1 aromatic rings. The van der Waals surface area contributed by atoms with Crippen LogP contribution >= 0.6 is 11.3 Å². The Morgan fingerprint density at radius 2 is 2.50 bits per heavy atom. The van der Waals surface area contributed by atoms with Crippen LogP contribution < -0.4 is 4.72 Å². The molecule has 2 rings (SSSR count). The molecule has 0 aliphatic carbocycles. The number of rotatable bonds is 1. The van der Waals surface area contributed by atoms with Crippen molar-refractivity contribution in [3.63, 3.8) is 0 Å². The summed E-state index contributed by atoms with van der Waals surface area (Å²) < 4.78 is 28.6. The first kappa shape index (κ1) is 8.18. The van der Waals surface area contributed by atoms with Crippen molar-refractivity contribution in [2.45, 2.75) is 6.04 Å². The van der Waals surface area contributed by atoms with Crippen LogP contribution in [0.15, 0.2) is 17.5 Å². The van der Waals surface area contributed by atoms with E-state index in [-0.39, 0.29) is 12.6 Å². The van der Waals surface area contributed by atoms with Gasteiger partial charge in [-0.15, -0.1) is 11.3 Å². The highest BCUT2D eigenvalue weighted by atomic mass is 32.2. The maximum atomic E-state index is 10.8. The lowest BCUT2D eigenvalue weighted by Crippen LogP contribution is -2.18. The Morgan fingerprint density at radius 1 is 1.67 bits per heavy atom. The van der Waals surface area contributed by atoms with Crippen LogP contribution in [0.25, 0.3) is 0 Å². The molecule has 1 aliphatic rings. The molecule has 1 saturated heterocycles. The lowest BCUT2D eigenvalue weighted by molar-refractivity contribution is 0.340. The van der Waals surface area contributed by atoms with Gasteiger partial charge < -0.3 is 0 Å². The Morgan fingerprint density at radius 3 is 3.00 bits per heavy atom. The van der Waals surface area contributed by atoms with Crippen molar-refractivity contribution < 1.29 is 12.6 Å². The smallest absolute Gasteiger partial charge is 0.256 e. The molecule has 1 aliphatic heterocycles. The summed E-state index contributed by atoms with van der Waals surface area (Å²) in [6, 6.07) is 3.56. The average Bonchev–Trinajstić information content (AvgIpc) is 2.55. The van der Waals surface area contributed by atoms with Crippen LogP contribution in [0.3, 0.4) is 0 Å². The molecular weight excluding hydrogens is 198 g/mol. The fraction of sp³-hybridized carbons (Fsp3) is 0.333. The Labute approximate surface area is 74.4 Å². The van der Waals surface area contributed by atoms with Crippen molar-refractivity contribution in [1.29, 1.82) is 0 Å². The second-order valence-corrected chi connectivity index (χ2v) is 4.78. The van der Waals surface area contributed by atoms with Gasteiger partial charge in [-0.25, -0.2) is 0 Å². The van der Waals surface area contributed by atoms with Gasteiger partial charge in [0.05, 0.1) is 12.6 Å². The van der Waals surface area contributed by atoms with Gasteiger partial charge in [0.1, 0.15) is 0 Å². The first-order chi connectivity index (χ1) is 5.67. The van der Waals surface area contributed by atoms with Crippen molar-refractivity contribution in [3.05, 3.63) is 22.4 Å². The minimum atomic E-state index is -3.46. The van der Waals surface area contributed by atoms with Gasteiger partial charge in [-0.05, 0) is 11.4 Å². The summed E-state index contributed by atoms with van der Waals surface area (Å²) in [5.41, 5.74) is 0. The van der Waals surface area contributed by atoms with Crippen molar-refractivity contribution in [3.8, 4) is 0 Å².